The van der Waals surface area contributed by atoms with Gasteiger partial charge in [-0.25, -0.2) is 4.98 Å². The Labute approximate surface area is 140 Å². The van der Waals surface area contributed by atoms with Gasteiger partial charge in [0.1, 0.15) is 5.69 Å². The fourth-order valence-corrected chi connectivity index (χ4v) is 3.51. The van der Waals surface area contributed by atoms with Crippen molar-refractivity contribution in [1.29, 1.82) is 0 Å². The number of amides is 1. The molecule has 1 amide bonds. The van der Waals surface area contributed by atoms with Crippen LogP contribution in [0.4, 0.5) is 0 Å². The van der Waals surface area contributed by atoms with Crippen LogP contribution in [0.3, 0.4) is 0 Å². The van der Waals surface area contributed by atoms with Crippen molar-refractivity contribution in [1.82, 2.24) is 14.9 Å². The molecule has 0 aromatic carbocycles. The van der Waals surface area contributed by atoms with Gasteiger partial charge >= 0.3 is 0 Å². The summed E-state index contributed by atoms with van der Waals surface area (Å²) in [6.07, 6.45) is 6.33. The first-order chi connectivity index (χ1) is 10.3. The van der Waals surface area contributed by atoms with E-state index in [0.717, 1.165) is 36.4 Å². The van der Waals surface area contributed by atoms with Gasteiger partial charge in [0.2, 0.25) is 0 Å². The van der Waals surface area contributed by atoms with Gasteiger partial charge < -0.3 is 10.6 Å². The second-order valence-corrected chi connectivity index (χ2v) is 6.05. The molecule has 1 unspecified atom stereocenters. The van der Waals surface area contributed by atoms with E-state index in [1.54, 1.807) is 6.20 Å². The van der Waals surface area contributed by atoms with Gasteiger partial charge in [-0.1, -0.05) is 6.07 Å². The Morgan fingerprint density at radius 3 is 3.09 bits per heavy atom. The summed E-state index contributed by atoms with van der Waals surface area (Å²) >= 11 is 1.51. The van der Waals surface area contributed by atoms with Crippen molar-refractivity contribution in [2.45, 2.75) is 25.3 Å². The van der Waals surface area contributed by atoms with Gasteiger partial charge in [-0.3, -0.25) is 9.78 Å². The highest BCUT2D eigenvalue weighted by molar-refractivity contribution is 7.09. The maximum atomic E-state index is 12.7. The molecule has 0 bridgehead atoms. The molecule has 0 radical (unpaired) electrons. The molecule has 22 heavy (non-hydrogen) atoms. The monoisotopic (exact) mass is 338 g/mol. The smallest absolute Gasteiger partial charge is 0.273 e. The number of hydrogen-bond acceptors (Lipinski definition) is 5. The predicted octanol–water partition coefficient (Wildman–Crippen LogP) is 2.44. The Bertz CT molecular complexity index is 619. The molecule has 1 saturated heterocycles. The number of aromatic nitrogens is 2. The van der Waals surface area contributed by atoms with Crippen LogP contribution in [0.2, 0.25) is 0 Å². The summed E-state index contributed by atoms with van der Waals surface area (Å²) in [6, 6.07) is 4.06. The molecule has 3 rings (SSSR count). The lowest BCUT2D eigenvalue weighted by Gasteiger charge is -2.24. The first-order valence-electron chi connectivity index (χ1n) is 7.15. The Morgan fingerprint density at radius 2 is 2.36 bits per heavy atom. The third kappa shape index (κ3) is 3.45. The number of likely N-dealkylation sites (tertiary alicyclic amines) is 1. The quantitative estimate of drug-likeness (QED) is 0.929. The van der Waals surface area contributed by atoms with E-state index in [9.17, 15) is 4.79 Å². The number of rotatable bonds is 4. The normalized spacial score (nSPS) is 17.3. The molecule has 7 heteroatoms. The third-order valence-electron chi connectivity index (χ3n) is 3.71. The minimum absolute atomic E-state index is 0. The average molecular weight is 339 g/mol. The Kier molecular flexibility index (Phi) is 5.88. The summed E-state index contributed by atoms with van der Waals surface area (Å²) in [5, 5.41) is 2.77. The lowest BCUT2D eigenvalue weighted by Crippen LogP contribution is -2.30. The zero-order valence-corrected chi connectivity index (χ0v) is 13.8. The number of nitrogens with two attached hydrogens (primary N) is 1. The number of carbonyl (C=O) groups is 1. The van der Waals surface area contributed by atoms with Crippen LogP contribution in [0.15, 0.2) is 29.9 Å². The van der Waals surface area contributed by atoms with Gasteiger partial charge in [0, 0.05) is 30.7 Å². The largest absolute Gasteiger partial charge is 0.330 e. The lowest BCUT2D eigenvalue weighted by atomic mass is 10.1. The first kappa shape index (κ1) is 16.9. The first-order valence-corrected chi connectivity index (χ1v) is 8.03. The standard InChI is InChI=1S/C15H18N4OS.ClH/c16-6-5-14-18-12(10-21-14)15(20)19-8-2-4-13(19)11-3-1-7-17-9-11;/h1,3,7,9-10,13H,2,4-6,8,16H2;1H. The van der Waals surface area contributed by atoms with Gasteiger partial charge in [0.25, 0.3) is 5.91 Å². The Morgan fingerprint density at radius 1 is 1.50 bits per heavy atom. The molecule has 118 valence electrons. The van der Waals surface area contributed by atoms with E-state index < -0.39 is 0 Å². The summed E-state index contributed by atoms with van der Waals surface area (Å²) in [7, 11) is 0. The molecule has 1 aliphatic rings. The molecule has 0 aliphatic carbocycles. The van der Waals surface area contributed by atoms with Gasteiger partial charge in [-0.2, -0.15) is 0 Å². The van der Waals surface area contributed by atoms with Crippen molar-refractivity contribution in [2.75, 3.05) is 13.1 Å². The highest BCUT2D eigenvalue weighted by Crippen LogP contribution is 2.32. The minimum Gasteiger partial charge on any atom is -0.330 e. The molecule has 1 aliphatic heterocycles. The number of thiazole rings is 1. The van der Waals surface area contributed by atoms with E-state index in [0.29, 0.717) is 12.2 Å². The van der Waals surface area contributed by atoms with Crippen LogP contribution in [0, 0.1) is 0 Å². The molecule has 3 heterocycles. The zero-order valence-electron chi connectivity index (χ0n) is 12.1. The summed E-state index contributed by atoms with van der Waals surface area (Å²) in [5.41, 5.74) is 7.17. The predicted molar refractivity (Wildman–Crippen MR) is 89.4 cm³/mol. The molecule has 2 aromatic rings. The molecule has 1 fully saturated rings. The number of halogens is 1. The molecular weight excluding hydrogens is 320 g/mol. The second-order valence-electron chi connectivity index (χ2n) is 5.11. The maximum absolute atomic E-state index is 12.7. The molecular formula is C15H19ClN4OS. The van der Waals surface area contributed by atoms with Gasteiger partial charge in [0.05, 0.1) is 11.0 Å². The molecule has 2 aromatic heterocycles. The van der Waals surface area contributed by atoms with Crippen molar-refractivity contribution < 1.29 is 4.79 Å². The van der Waals surface area contributed by atoms with Crippen LogP contribution in [0.1, 0.15) is 39.9 Å². The highest BCUT2D eigenvalue weighted by atomic mass is 35.5. The van der Waals surface area contributed by atoms with E-state index in [2.05, 4.69) is 9.97 Å². The van der Waals surface area contributed by atoms with Crippen LogP contribution in [0.25, 0.3) is 0 Å². The van der Waals surface area contributed by atoms with Crippen LogP contribution >= 0.6 is 23.7 Å². The van der Waals surface area contributed by atoms with Crippen LogP contribution < -0.4 is 5.73 Å². The fraction of sp³-hybridized carbons (Fsp3) is 0.400. The molecule has 1 atom stereocenters. The molecule has 5 nitrogen and oxygen atoms in total. The van der Waals surface area contributed by atoms with E-state index in [-0.39, 0.29) is 24.4 Å². The summed E-state index contributed by atoms with van der Waals surface area (Å²) in [6.45, 7) is 1.34. The van der Waals surface area contributed by atoms with Crippen LogP contribution in [-0.4, -0.2) is 33.9 Å². The van der Waals surface area contributed by atoms with Crippen molar-refractivity contribution in [3.05, 3.63) is 46.2 Å². The highest BCUT2D eigenvalue weighted by Gasteiger charge is 2.31. The van der Waals surface area contributed by atoms with E-state index in [1.165, 1.54) is 11.3 Å². The van der Waals surface area contributed by atoms with Gasteiger partial charge in [-0.05, 0) is 31.0 Å². The van der Waals surface area contributed by atoms with Crippen LogP contribution in [-0.2, 0) is 6.42 Å². The lowest BCUT2D eigenvalue weighted by molar-refractivity contribution is 0.0730. The SMILES string of the molecule is Cl.NCCc1nc(C(=O)N2CCCC2c2cccnc2)cs1. The third-order valence-corrected chi connectivity index (χ3v) is 4.62. The van der Waals surface area contributed by atoms with Crippen molar-refractivity contribution >= 4 is 29.7 Å². The van der Waals surface area contributed by atoms with Crippen molar-refractivity contribution in [2.24, 2.45) is 5.73 Å². The zero-order chi connectivity index (χ0) is 14.7. The number of carbonyl (C=O) groups excluding carboxylic acids is 1. The average Bonchev–Trinajstić information content (AvgIpc) is 3.17. The summed E-state index contributed by atoms with van der Waals surface area (Å²) < 4.78 is 0. The molecule has 2 N–H and O–H groups in total. The Balaban J connectivity index is 0.00000176. The summed E-state index contributed by atoms with van der Waals surface area (Å²) in [4.78, 5) is 23.1. The van der Waals surface area contributed by atoms with E-state index in [4.69, 9.17) is 5.73 Å². The summed E-state index contributed by atoms with van der Waals surface area (Å²) in [5.74, 6) is 0.0147. The second kappa shape index (κ2) is 7.67. The van der Waals surface area contributed by atoms with Gasteiger partial charge in [-0.15, -0.1) is 23.7 Å². The number of nitrogens with zero attached hydrogens (tertiary/aromatic N) is 3. The molecule has 0 spiro atoms. The Hall–Kier alpha value is -1.50. The number of hydrogen-bond donors (Lipinski definition) is 1. The topological polar surface area (TPSA) is 72.1 Å². The van der Waals surface area contributed by atoms with Crippen molar-refractivity contribution in [3.8, 4) is 0 Å². The molecule has 0 saturated carbocycles. The van der Waals surface area contributed by atoms with Gasteiger partial charge in [0.15, 0.2) is 0 Å². The van der Waals surface area contributed by atoms with Crippen LogP contribution in [0.5, 0.6) is 0 Å². The van der Waals surface area contributed by atoms with E-state index in [1.807, 2.05) is 28.6 Å². The van der Waals surface area contributed by atoms with E-state index >= 15 is 0 Å². The number of pyridine rings is 1. The maximum Gasteiger partial charge on any atom is 0.273 e. The fourth-order valence-electron chi connectivity index (χ4n) is 2.72. The van der Waals surface area contributed by atoms with Crippen molar-refractivity contribution in [3.63, 3.8) is 0 Å². The minimum atomic E-state index is 0.